The number of nitrogens with one attached hydrogen (secondary N) is 1. The Balaban J connectivity index is 1.39. The van der Waals surface area contributed by atoms with E-state index in [2.05, 4.69) is 10.5 Å². The molecular formula is C25H27N3O5. The SMILES string of the molecule is Cc1ccc(C(=O)N(Cc2cc(C(=O)NCc3ccc4c(c3)OCO4)no2)CC(C)C)cc1. The van der Waals surface area contributed by atoms with Crippen molar-refractivity contribution in [1.82, 2.24) is 15.4 Å². The van der Waals surface area contributed by atoms with Crippen LogP contribution in [0.3, 0.4) is 0 Å². The standard InChI is InChI=1S/C25H27N3O5/c1-16(2)13-28(25(30)19-7-4-17(3)5-8-19)14-20-11-21(27-33-20)24(29)26-12-18-6-9-22-23(10-18)32-15-31-22/h4-11,16H,12-15H2,1-3H3,(H,26,29). The molecule has 33 heavy (non-hydrogen) atoms. The third kappa shape index (κ3) is 5.52. The number of aromatic nitrogens is 1. The summed E-state index contributed by atoms with van der Waals surface area (Å²) >= 11 is 0. The molecule has 8 nitrogen and oxygen atoms in total. The zero-order valence-electron chi connectivity index (χ0n) is 19.0. The van der Waals surface area contributed by atoms with Crippen molar-refractivity contribution in [2.75, 3.05) is 13.3 Å². The summed E-state index contributed by atoms with van der Waals surface area (Å²) in [7, 11) is 0. The van der Waals surface area contributed by atoms with Gasteiger partial charge in [0.15, 0.2) is 23.0 Å². The molecule has 4 rings (SSSR count). The molecule has 0 radical (unpaired) electrons. The summed E-state index contributed by atoms with van der Waals surface area (Å²) in [5.74, 6) is 1.62. The molecule has 0 saturated carbocycles. The molecule has 1 aliphatic rings. The second kappa shape index (κ2) is 9.77. The summed E-state index contributed by atoms with van der Waals surface area (Å²) in [6.45, 7) is 7.37. The number of benzene rings is 2. The molecule has 1 N–H and O–H groups in total. The van der Waals surface area contributed by atoms with Crippen molar-refractivity contribution in [3.8, 4) is 11.5 Å². The predicted octanol–water partition coefficient (Wildman–Crippen LogP) is 3.94. The lowest BCUT2D eigenvalue weighted by Gasteiger charge is -2.23. The van der Waals surface area contributed by atoms with Crippen LogP contribution in [0, 0.1) is 12.8 Å². The molecule has 0 atom stereocenters. The van der Waals surface area contributed by atoms with E-state index in [1.165, 1.54) is 0 Å². The molecule has 1 aromatic heterocycles. The molecule has 2 heterocycles. The predicted molar refractivity (Wildman–Crippen MR) is 121 cm³/mol. The molecule has 0 spiro atoms. The molecule has 0 saturated heterocycles. The summed E-state index contributed by atoms with van der Waals surface area (Å²) in [6.07, 6.45) is 0. The van der Waals surface area contributed by atoms with Crippen LogP contribution in [0.2, 0.25) is 0 Å². The Labute approximate surface area is 192 Å². The van der Waals surface area contributed by atoms with Crippen LogP contribution in [0.25, 0.3) is 0 Å². The van der Waals surface area contributed by atoms with Gasteiger partial charge in [-0.3, -0.25) is 9.59 Å². The van der Waals surface area contributed by atoms with Crippen LogP contribution in [-0.2, 0) is 13.1 Å². The number of ether oxygens (including phenoxy) is 2. The Morgan fingerprint density at radius 3 is 2.58 bits per heavy atom. The molecule has 0 unspecified atom stereocenters. The Hall–Kier alpha value is -3.81. The normalized spacial score (nSPS) is 12.1. The van der Waals surface area contributed by atoms with Crippen LogP contribution in [0.1, 0.15) is 51.6 Å². The Morgan fingerprint density at radius 1 is 1.06 bits per heavy atom. The molecule has 8 heteroatoms. The number of aryl methyl sites for hydroxylation is 1. The van der Waals surface area contributed by atoms with Gasteiger partial charge < -0.3 is 24.2 Å². The molecule has 2 aromatic carbocycles. The quantitative estimate of drug-likeness (QED) is 0.560. The number of carbonyl (C=O) groups is 2. The van der Waals surface area contributed by atoms with E-state index in [0.29, 0.717) is 35.9 Å². The van der Waals surface area contributed by atoms with Crippen molar-refractivity contribution in [1.29, 1.82) is 0 Å². The summed E-state index contributed by atoms with van der Waals surface area (Å²) in [6, 6.07) is 14.5. The maximum absolute atomic E-state index is 13.0. The average molecular weight is 450 g/mol. The van der Waals surface area contributed by atoms with Crippen LogP contribution in [0.5, 0.6) is 11.5 Å². The van der Waals surface area contributed by atoms with Crippen LogP contribution in [0.15, 0.2) is 53.1 Å². The molecule has 1 aliphatic heterocycles. The third-order valence-electron chi connectivity index (χ3n) is 5.20. The van der Waals surface area contributed by atoms with Gasteiger partial charge in [0.05, 0.1) is 6.54 Å². The number of nitrogens with zero attached hydrogens (tertiary/aromatic N) is 2. The second-order valence-electron chi connectivity index (χ2n) is 8.49. The molecule has 0 aliphatic carbocycles. The van der Waals surface area contributed by atoms with Crippen molar-refractivity contribution < 1.29 is 23.6 Å². The van der Waals surface area contributed by atoms with Gasteiger partial charge in [-0.1, -0.05) is 42.8 Å². The minimum atomic E-state index is -0.358. The van der Waals surface area contributed by atoms with E-state index < -0.39 is 0 Å². The fourth-order valence-electron chi connectivity index (χ4n) is 3.55. The summed E-state index contributed by atoms with van der Waals surface area (Å²) < 4.78 is 16.0. The van der Waals surface area contributed by atoms with Crippen molar-refractivity contribution >= 4 is 11.8 Å². The first-order valence-electron chi connectivity index (χ1n) is 10.9. The minimum absolute atomic E-state index is 0.0890. The van der Waals surface area contributed by atoms with Crippen molar-refractivity contribution in [3.05, 3.63) is 76.7 Å². The summed E-state index contributed by atoms with van der Waals surface area (Å²) in [5, 5.41) is 6.71. The van der Waals surface area contributed by atoms with Gasteiger partial charge in [-0.15, -0.1) is 0 Å². The van der Waals surface area contributed by atoms with Gasteiger partial charge >= 0.3 is 0 Å². The Morgan fingerprint density at radius 2 is 1.82 bits per heavy atom. The highest BCUT2D eigenvalue weighted by molar-refractivity contribution is 5.94. The van der Waals surface area contributed by atoms with Crippen LogP contribution >= 0.6 is 0 Å². The first-order valence-corrected chi connectivity index (χ1v) is 10.9. The number of amides is 2. The molecule has 2 amide bonds. The first kappa shape index (κ1) is 22.4. The van der Waals surface area contributed by atoms with Gasteiger partial charge in [0.25, 0.3) is 11.8 Å². The van der Waals surface area contributed by atoms with Crippen LogP contribution < -0.4 is 14.8 Å². The highest BCUT2D eigenvalue weighted by Crippen LogP contribution is 2.32. The van der Waals surface area contributed by atoms with E-state index in [-0.39, 0.29) is 36.8 Å². The topological polar surface area (TPSA) is 93.9 Å². The number of hydrogen-bond acceptors (Lipinski definition) is 6. The van der Waals surface area contributed by atoms with E-state index in [1.807, 2.05) is 63.2 Å². The van der Waals surface area contributed by atoms with Crippen LogP contribution in [-0.4, -0.2) is 35.2 Å². The molecule has 0 bridgehead atoms. The average Bonchev–Trinajstić information content (AvgIpc) is 3.46. The largest absolute Gasteiger partial charge is 0.454 e. The second-order valence-corrected chi connectivity index (χ2v) is 8.49. The van der Waals surface area contributed by atoms with Gasteiger partial charge in [0.1, 0.15) is 0 Å². The Bertz CT molecular complexity index is 1140. The third-order valence-corrected chi connectivity index (χ3v) is 5.20. The number of carbonyl (C=O) groups excluding carboxylic acids is 2. The smallest absolute Gasteiger partial charge is 0.273 e. The lowest BCUT2D eigenvalue weighted by molar-refractivity contribution is 0.0705. The molecule has 0 fully saturated rings. The van der Waals surface area contributed by atoms with Gasteiger partial charge in [0, 0.05) is 24.7 Å². The molecule has 172 valence electrons. The maximum atomic E-state index is 13.0. The summed E-state index contributed by atoms with van der Waals surface area (Å²) in [4.78, 5) is 27.3. The van der Waals surface area contributed by atoms with Crippen LogP contribution in [0.4, 0.5) is 0 Å². The van der Waals surface area contributed by atoms with Gasteiger partial charge in [-0.2, -0.15) is 0 Å². The van der Waals surface area contributed by atoms with Gasteiger partial charge in [0.2, 0.25) is 6.79 Å². The molecular weight excluding hydrogens is 422 g/mol. The monoisotopic (exact) mass is 449 g/mol. The number of hydrogen-bond donors (Lipinski definition) is 1. The van der Waals surface area contributed by atoms with Crippen molar-refractivity contribution in [2.45, 2.75) is 33.9 Å². The van der Waals surface area contributed by atoms with Gasteiger partial charge in [-0.05, 0) is 42.7 Å². The highest BCUT2D eigenvalue weighted by atomic mass is 16.7. The summed E-state index contributed by atoms with van der Waals surface area (Å²) in [5.41, 5.74) is 2.75. The van der Waals surface area contributed by atoms with Gasteiger partial charge in [-0.25, -0.2) is 0 Å². The van der Waals surface area contributed by atoms with E-state index in [9.17, 15) is 9.59 Å². The fourth-order valence-corrected chi connectivity index (χ4v) is 3.55. The Kier molecular flexibility index (Phi) is 6.63. The van der Waals surface area contributed by atoms with Crippen molar-refractivity contribution in [3.63, 3.8) is 0 Å². The minimum Gasteiger partial charge on any atom is -0.454 e. The lowest BCUT2D eigenvalue weighted by atomic mass is 10.1. The highest BCUT2D eigenvalue weighted by Gasteiger charge is 2.21. The van der Waals surface area contributed by atoms with E-state index in [0.717, 1.165) is 11.1 Å². The zero-order valence-corrected chi connectivity index (χ0v) is 19.0. The zero-order chi connectivity index (χ0) is 23.4. The number of fused-ring (bicyclic) bond motifs is 1. The van der Waals surface area contributed by atoms with Crippen molar-refractivity contribution in [2.24, 2.45) is 5.92 Å². The first-order chi connectivity index (χ1) is 15.9. The van der Waals surface area contributed by atoms with E-state index in [4.69, 9.17) is 14.0 Å². The lowest BCUT2D eigenvalue weighted by Crippen LogP contribution is -2.33. The molecule has 3 aromatic rings. The maximum Gasteiger partial charge on any atom is 0.273 e. The van der Waals surface area contributed by atoms with E-state index >= 15 is 0 Å². The fraction of sp³-hybridized carbons (Fsp3) is 0.320. The number of rotatable bonds is 8. The van der Waals surface area contributed by atoms with E-state index in [1.54, 1.807) is 11.0 Å².